The van der Waals surface area contributed by atoms with Gasteiger partial charge in [-0.1, -0.05) is 12.8 Å². The van der Waals surface area contributed by atoms with Gasteiger partial charge in [-0.25, -0.2) is 0 Å². The maximum atomic E-state index is 11.8. The molecule has 1 N–H and O–H groups in total. The Kier molecular flexibility index (Phi) is 3.93. The first-order chi connectivity index (χ1) is 8.39. The zero-order chi connectivity index (χ0) is 13.3. The van der Waals surface area contributed by atoms with Crippen molar-refractivity contribution < 1.29 is 22.5 Å². The van der Waals surface area contributed by atoms with Gasteiger partial charge >= 0.3 is 16.3 Å². The van der Waals surface area contributed by atoms with Crippen molar-refractivity contribution in [1.82, 2.24) is 4.31 Å². The summed E-state index contributed by atoms with van der Waals surface area (Å²) < 4.78 is 37.7. The molecule has 2 aliphatic rings. The predicted molar refractivity (Wildman–Crippen MR) is 63.9 cm³/mol. The minimum absolute atomic E-state index is 0.116. The fourth-order valence-electron chi connectivity index (χ4n) is 2.48. The third kappa shape index (κ3) is 3.21. The second kappa shape index (κ2) is 5.14. The Labute approximate surface area is 107 Å². The summed E-state index contributed by atoms with van der Waals surface area (Å²) in [6, 6.07) is -0.230. The molecule has 1 unspecified atom stereocenters. The van der Waals surface area contributed by atoms with Gasteiger partial charge in [-0.3, -0.25) is 9.35 Å². The van der Waals surface area contributed by atoms with E-state index in [0.29, 0.717) is 12.8 Å². The molecule has 6 nitrogen and oxygen atoms in total. The van der Waals surface area contributed by atoms with Gasteiger partial charge in [0.05, 0.1) is 5.92 Å². The molecule has 0 aromatic carbocycles. The van der Waals surface area contributed by atoms with Crippen molar-refractivity contribution in [3.63, 3.8) is 0 Å². The molecule has 2 fully saturated rings. The first-order valence-corrected chi connectivity index (χ1v) is 7.75. The SMILES string of the molecule is CC(OC(=O)C1CCCC1)N(C1CC1)S(=O)(=O)O. The van der Waals surface area contributed by atoms with Gasteiger partial charge in [-0.2, -0.15) is 8.42 Å². The van der Waals surface area contributed by atoms with Gasteiger partial charge in [-0.15, -0.1) is 4.31 Å². The predicted octanol–water partition coefficient (Wildman–Crippen LogP) is 1.33. The van der Waals surface area contributed by atoms with Crippen molar-refractivity contribution in [1.29, 1.82) is 0 Å². The molecule has 0 spiro atoms. The van der Waals surface area contributed by atoms with Crippen LogP contribution in [-0.2, 0) is 19.8 Å². The van der Waals surface area contributed by atoms with Crippen molar-refractivity contribution in [3.05, 3.63) is 0 Å². The average molecular weight is 277 g/mol. The Morgan fingerprint density at radius 1 is 1.28 bits per heavy atom. The lowest BCUT2D eigenvalue weighted by Gasteiger charge is -2.26. The number of esters is 1. The maximum absolute atomic E-state index is 11.8. The molecule has 0 radical (unpaired) electrons. The average Bonchev–Trinajstić information content (AvgIpc) is 2.91. The van der Waals surface area contributed by atoms with Crippen LogP contribution < -0.4 is 0 Å². The summed E-state index contributed by atoms with van der Waals surface area (Å²) in [4.78, 5) is 11.8. The highest BCUT2D eigenvalue weighted by molar-refractivity contribution is 7.83. The molecular weight excluding hydrogens is 258 g/mol. The minimum Gasteiger partial charge on any atom is -0.445 e. The van der Waals surface area contributed by atoms with Crippen molar-refractivity contribution >= 4 is 16.3 Å². The second-order valence-electron chi connectivity index (χ2n) is 5.06. The highest BCUT2D eigenvalue weighted by Gasteiger charge is 2.41. The normalized spacial score (nSPS) is 23.3. The van der Waals surface area contributed by atoms with Crippen LogP contribution in [0.3, 0.4) is 0 Å². The molecule has 2 rings (SSSR count). The fourth-order valence-corrected chi connectivity index (χ4v) is 3.49. The topological polar surface area (TPSA) is 83.9 Å². The van der Waals surface area contributed by atoms with E-state index >= 15 is 0 Å². The summed E-state index contributed by atoms with van der Waals surface area (Å²) in [7, 11) is -4.31. The largest absolute Gasteiger partial charge is 0.445 e. The van der Waals surface area contributed by atoms with Crippen molar-refractivity contribution in [2.75, 3.05) is 0 Å². The molecule has 0 aliphatic heterocycles. The standard InChI is InChI=1S/C11H19NO5S/c1-8(12(10-6-7-10)18(14,15)16)17-11(13)9-4-2-3-5-9/h8-10H,2-7H2,1H3,(H,14,15,16). The molecule has 1 atom stereocenters. The van der Waals surface area contributed by atoms with E-state index in [-0.39, 0.29) is 17.9 Å². The van der Waals surface area contributed by atoms with Crippen molar-refractivity contribution in [2.45, 2.75) is 57.7 Å². The monoisotopic (exact) mass is 277 g/mol. The Balaban J connectivity index is 1.96. The minimum atomic E-state index is -4.31. The van der Waals surface area contributed by atoms with Gasteiger partial charge in [0.2, 0.25) is 0 Å². The van der Waals surface area contributed by atoms with Crippen LogP contribution in [-0.4, -0.2) is 35.5 Å². The molecule has 0 saturated heterocycles. The third-order valence-corrected chi connectivity index (χ3v) is 4.63. The molecule has 7 heteroatoms. The number of rotatable bonds is 5. The molecule has 0 amide bonds. The molecule has 0 aromatic heterocycles. The van der Waals surface area contributed by atoms with Gasteiger partial charge in [0.1, 0.15) is 0 Å². The van der Waals surface area contributed by atoms with Crippen LogP contribution >= 0.6 is 0 Å². The van der Waals surface area contributed by atoms with E-state index in [1.54, 1.807) is 0 Å². The van der Waals surface area contributed by atoms with Crippen molar-refractivity contribution in [2.24, 2.45) is 5.92 Å². The Bertz CT molecular complexity index is 411. The van der Waals surface area contributed by atoms with Gasteiger partial charge in [0.15, 0.2) is 6.23 Å². The molecule has 18 heavy (non-hydrogen) atoms. The summed E-state index contributed by atoms with van der Waals surface area (Å²) in [5.41, 5.74) is 0. The summed E-state index contributed by atoms with van der Waals surface area (Å²) in [6.45, 7) is 1.49. The number of carbonyl (C=O) groups is 1. The lowest BCUT2D eigenvalue weighted by Crippen LogP contribution is -2.43. The molecule has 0 heterocycles. The molecule has 0 bridgehead atoms. The van der Waals surface area contributed by atoms with E-state index in [4.69, 9.17) is 9.29 Å². The van der Waals surface area contributed by atoms with Crippen LogP contribution in [0.1, 0.15) is 45.4 Å². The quantitative estimate of drug-likeness (QED) is 0.465. The zero-order valence-corrected chi connectivity index (χ0v) is 11.2. The summed E-state index contributed by atoms with van der Waals surface area (Å²) >= 11 is 0. The fraction of sp³-hybridized carbons (Fsp3) is 0.909. The number of nitrogens with zero attached hydrogens (tertiary/aromatic N) is 1. The van der Waals surface area contributed by atoms with Crippen LogP contribution in [0.4, 0.5) is 0 Å². The van der Waals surface area contributed by atoms with Crippen molar-refractivity contribution in [3.8, 4) is 0 Å². The molecule has 104 valence electrons. The van der Waals surface area contributed by atoms with Crippen LogP contribution in [0.5, 0.6) is 0 Å². The number of ether oxygens (including phenoxy) is 1. The van der Waals surface area contributed by atoms with Crippen LogP contribution in [0, 0.1) is 5.92 Å². The number of hydrogen-bond donors (Lipinski definition) is 1. The zero-order valence-electron chi connectivity index (χ0n) is 10.4. The van der Waals surface area contributed by atoms with Crippen LogP contribution in [0.15, 0.2) is 0 Å². The summed E-state index contributed by atoms with van der Waals surface area (Å²) in [6.07, 6.45) is 4.11. The van der Waals surface area contributed by atoms with Gasteiger partial charge in [0.25, 0.3) is 0 Å². The van der Waals surface area contributed by atoms with E-state index in [0.717, 1.165) is 30.0 Å². The highest BCUT2D eigenvalue weighted by atomic mass is 32.2. The van der Waals surface area contributed by atoms with Gasteiger partial charge < -0.3 is 4.74 Å². The van der Waals surface area contributed by atoms with Gasteiger partial charge in [0, 0.05) is 6.04 Å². The summed E-state index contributed by atoms with van der Waals surface area (Å²) in [5.74, 6) is -0.468. The highest BCUT2D eigenvalue weighted by Crippen LogP contribution is 2.32. The maximum Gasteiger partial charge on any atom is 0.339 e. The van der Waals surface area contributed by atoms with E-state index in [9.17, 15) is 13.2 Å². The first-order valence-electron chi connectivity index (χ1n) is 6.36. The van der Waals surface area contributed by atoms with E-state index < -0.39 is 16.5 Å². The van der Waals surface area contributed by atoms with E-state index in [1.807, 2.05) is 0 Å². The van der Waals surface area contributed by atoms with Crippen LogP contribution in [0.25, 0.3) is 0 Å². The Hall–Kier alpha value is -0.660. The van der Waals surface area contributed by atoms with Gasteiger partial charge in [-0.05, 0) is 32.6 Å². The van der Waals surface area contributed by atoms with Crippen LogP contribution in [0.2, 0.25) is 0 Å². The smallest absolute Gasteiger partial charge is 0.339 e. The lowest BCUT2D eigenvalue weighted by molar-refractivity contribution is -0.158. The Morgan fingerprint density at radius 2 is 1.83 bits per heavy atom. The number of carbonyl (C=O) groups excluding carboxylic acids is 1. The number of hydrogen-bond acceptors (Lipinski definition) is 4. The Morgan fingerprint density at radius 3 is 2.28 bits per heavy atom. The molecule has 0 aromatic rings. The first kappa shape index (κ1) is 13.8. The third-order valence-electron chi connectivity index (χ3n) is 3.51. The summed E-state index contributed by atoms with van der Waals surface area (Å²) in [5, 5.41) is 0. The second-order valence-corrected chi connectivity index (χ2v) is 6.37. The molecular formula is C11H19NO5S. The van der Waals surface area contributed by atoms with E-state index in [1.165, 1.54) is 6.92 Å². The molecule has 2 aliphatic carbocycles. The van der Waals surface area contributed by atoms with E-state index in [2.05, 4.69) is 0 Å². The molecule has 2 saturated carbocycles. The lowest BCUT2D eigenvalue weighted by atomic mass is 10.1.